The van der Waals surface area contributed by atoms with Crippen LogP contribution in [0.1, 0.15) is 12.5 Å². The molecule has 8 heteroatoms. The molecule has 0 spiro atoms. The average Bonchev–Trinajstić information content (AvgIpc) is 3.23. The summed E-state index contributed by atoms with van der Waals surface area (Å²) in [5.74, 6) is -0.0304. The number of carbonyl (C=O) groups excluding carboxylic acids is 1. The second-order valence-electron chi connectivity index (χ2n) is 6.53. The lowest BCUT2D eigenvalue weighted by Gasteiger charge is -2.12. The van der Waals surface area contributed by atoms with E-state index in [0.29, 0.717) is 26.1 Å². The number of amides is 1. The number of thiophene rings is 1. The molecule has 0 saturated heterocycles. The lowest BCUT2D eigenvalue weighted by atomic mass is 10.1. The van der Waals surface area contributed by atoms with Gasteiger partial charge in [0, 0.05) is 10.7 Å². The third-order valence-corrected chi connectivity index (χ3v) is 6.59. The predicted octanol–water partition coefficient (Wildman–Crippen LogP) is 5.39. The molecule has 1 N–H and O–H groups in total. The third kappa shape index (κ3) is 4.43. The molecule has 0 atom stereocenters. The molecule has 0 bridgehead atoms. The van der Waals surface area contributed by atoms with Gasteiger partial charge in [-0.15, -0.1) is 11.3 Å². The van der Waals surface area contributed by atoms with Crippen molar-refractivity contribution < 1.29 is 4.79 Å². The standard InChI is InChI=1S/C22H18ClN3O2S2/c1-2-14-3-7-16(8-4-14)24-19(27)13-30-22-25-18-11-12-29-20(18)21(28)26(22)17-9-5-15(23)6-10-17/h3-12H,2,13H2,1H3,(H,24,27). The van der Waals surface area contributed by atoms with E-state index in [1.54, 1.807) is 24.3 Å². The lowest BCUT2D eigenvalue weighted by Crippen LogP contribution is -2.22. The Bertz CT molecular complexity index is 1250. The van der Waals surface area contributed by atoms with Gasteiger partial charge in [-0.25, -0.2) is 4.98 Å². The highest BCUT2D eigenvalue weighted by Crippen LogP contribution is 2.24. The number of benzene rings is 2. The van der Waals surface area contributed by atoms with Crippen LogP contribution in [0.3, 0.4) is 0 Å². The number of thioether (sulfide) groups is 1. The van der Waals surface area contributed by atoms with Gasteiger partial charge in [-0.05, 0) is 59.8 Å². The van der Waals surface area contributed by atoms with Crippen molar-refractivity contribution in [3.8, 4) is 5.69 Å². The Hall–Kier alpha value is -2.61. The number of aromatic nitrogens is 2. The molecule has 2 heterocycles. The molecule has 4 rings (SSSR count). The fourth-order valence-electron chi connectivity index (χ4n) is 2.96. The van der Waals surface area contributed by atoms with Crippen LogP contribution in [0.2, 0.25) is 5.02 Å². The number of fused-ring (bicyclic) bond motifs is 1. The molecular formula is C22H18ClN3O2S2. The second-order valence-corrected chi connectivity index (χ2v) is 8.83. The summed E-state index contributed by atoms with van der Waals surface area (Å²) in [6.45, 7) is 2.09. The molecule has 0 unspecified atom stereocenters. The van der Waals surface area contributed by atoms with Crippen molar-refractivity contribution in [2.45, 2.75) is 18.5 Å². The zero-order valence-corrected chi connectivity index (χ0v) is 18.5. The summed E-state index contributed by atoms with van der Waals surface area (Å²) in [6, 6.07) is 16.6. The minimum absolute atomic E-state index is 0.130. The maximum Gasteiger partial charge on any atom is 0.276 e. The molecule has 2 aromatic heterocycles. The van der Waals surface area contributed by atoms with E-state index >= 15 is 0 Å². The fourth-order valence-corrected chi connectivity index (χ4v) is 4.66. The minimum atomic E-state index is -0.161. The minimum Gasteiger partial charge on any atom is -0.325 e. The van der Waals surface area contributed by atoms with Gasteiger partial charge in [-0.2, -0.15) is 0 Å². The van der Waals surface area contributed by atoms with Gasteiger partial charge in [0.25, 0.3) is 5.56 Å². The lowest BCUT2D eigenvalue weighted by molar-refractivity contribution is -0.113. The maximum atomic E-state index is 13.1. The van der Waals surface area contributed by atoms with Crippen molar-refractivity contribution in [1.29, 1.82) is 0 Å². The third-order valence-electron chi connectivity index (χ3n) is 4.51. The van der Waals surface area contributed by atoms with Crippen LogP contribution >= 0.6 is 34.7 Å². The molecule has 4 aromatic rings. The van der Waals surface area contributed by atoms with E-state index in [4.69, 9.17) is 11.6 Å². The van der Waals surface area contributed by atoms with Crippen LogP contribution in [0.15, 0.2) is 69.9 Å². The number of hydrogen-bond acceptors (Lipinski definition) is 5. The molecule has 5 nitrogen and oxygen atoms in total. The van der Waals surface area contributed by atoms with Crippen molar-refractivity contribution >= 4 is 56.5 Å². The van der Waals surface area contributed by atoms with Crippen LogP contribution in [-0.2, 0) is 11.2 Å². The van der Waals surface area contributed by atoms with Crippen LogP contribution in [0.4, 0.5) is 5.69 Å². The van der Waals surface area contributed by atoms with Crippen LogP contribution in [0.5, 0.6) is 0 Å². The van der Waals surface area contributed by atoms with Gasteiger partial charge in [0.15, 0.2) is 5.16 Å². The van der Waals surface area contributed by atoms with Crippen molar-refractivity contribution in [1.82, 2.24) is 9.55 Å². The molecule has 152 valence electrons. The van der Waals surface area contributed by atoms with Gasteiger partial charge in [0.1, 0.15) is 4.70 Å². The molecule has 0 aliphatic rings. The summed E-state index contributed by atoms with van der Waals surface area (Å²) in [6.07, 6.45) is 0.947. The number of rotatable bonds is 6. The summed E-state index contributed by atoms with van der Waals surface area (Å²) < 4.78 is 2.11. The van der Waals surface area contributed by atoms with Gasteiger partial charge in [-0.1, -0.05) is 42.4 Å². The first-order valence-corrected chi connectivity index (χ1v) is 11.6. The first-order valence-electron chi connectivity index (χ1n) is 9.33. The molecule has 30 heavy (non-hydrogen) atoms. The maximum absolute atomic E-state index is 13.1. The van der Waals surface area contributed by atoms with Crippen LogP contribution in [0, 0.1) is 0 Å². The summed E-state index contributed by atoms with van der Waals surface area (Å²) in [7, 11) is 0. The molecular weight excluding hydrogens is 438 g/mol. The first-order chi connectivity index (χ1) is 14.5. The number of anilines is 1. The number of nitrogens with zero attached hydrogens (tertiary/aromatic N) is 2. The van der Waals surface area contributed by atoms with E-state index in [2.05, 4.69) is 17.2 Å². The number of halogens is 1. The van der Waals surface area contributed by atoms with E-state index in [1.165, 1.54) is 33.2 Å². The number of nitrogens with one attached hydrogen (secondary N) is 1. The monoisotopic (exact) mass is 455 g/mol. The quantitative estimate of drug-likeness (QED) is 0.312. The number of hydrogen-bond donors (Lipinski definition) is 1. The highest BCUT2D eigenvalue weighted by Gasteiger charge is 2.16. The van der Waals surface area contributed by atoms with Crippen LogP contribution < -0.4 is 10.9 Å². The Morgan fingerprint density at radius 1 is 1.13 bits per heavy atom. The Morgan fingerprint density at radius 3 is 2.57 bits per heavy atom. The largest absolute Gasteiger partial charge is 0.325 e. The predicted molar refractivity (Wildman–Crippen MR) is 125 cm³/mol. The normalized spacial score (nSPS) is 11.0. The smallest absolute Gasteiger partial charge is 0.276 e. The van der Waals surface area contributed by atoms with Gasteiger partial charge < -0.3 is 5.32 Å². The summed E-state index contributed by atoms with van der Waals surface area (Å²) in [5, 5.41) is 5.77. The number of carbonyl (C=O) groups is 1. The Kier molecular flexibility index (Phi) is 6.22. The fraction of sp³-hybridized carbons (Fsp3) is 0.136. The van der Waals surface area contributed by atoms with Crippen molar-refractivity contribution in [3.63, 3.8) is 0 Å². The molecule has 0 saturated carbocycles. The van der Waals surface area contributed by atoms with Crippen molar-refractivity contribution in [3.05, 3.63) is 80.9 Å². The Labute approximate surface area is 186 Å². The topological polar surface area (TPSA) is 64.0 Å². The highest BCUT2D eigenvalue weighted by molar-refractivity contribution is 7.99. The zero-order valence-electron chi connectivity index (χ0n) is 16.1. The van der Waals surface area contributed by atoms with E-state index < -0.39 is 0 Å². The molecule has 0 aliphatic carbocycles. The first kappa shape index (κ1) is 20.7. The molecule has 1 amide bonds. The Morgan fingerprint density at radius 2 is 1.87 bits per heavy atom. The SMILES string of the molecule is CCc1ccc(NC(=O)CSc2nc3ccsc3c(=O)n2-c2ccc(Cl)cc2)cc1. The molecule has 0 fully saturated rings. The second kappa shape index (κ2) is 9.04. The average molecular weight is 456 g/mol. The summed E-state index contributed by atoms with van der Waals surface area (Å²) in [4.78, 5) is 30.2. The molecule has 0 aliphatic heterocycles. The summed E-state index contributed by atoms with van der Waals surface area (Å²) in [5.41, 5.74) is 3.09. The Balaban J connectivity index is 1.59. The van der Waals surface area contributed by atoms with Gasteiger partial charge in [0.05, 0.1) is 17.0 Å². The van der Waals surface area contributed by atoms with Gasteiger partial charge >= 0.3 is 0 Å². The van der Waals surface area contributed by atoms with Crippen molar-refractivity contribution in [2.24, 2.45) is 0 Å². The summed E-state index contributed by atoms with van der Waals surface area (Å²) >= 11 is 8.57. The van der Waals surface area contributed by atoms with E-state index in [1.807, 2.05) is 35.7 Å². The van der Waals surface area contributed by atoms with E-state index in [9.17, 15) is 9.59 Å². The van der Waals surface area contributed by atoms with Crippen LogP contribution in [0.25, 0.3) is 15.9 Å². The number of aryl methyl sites for hydroxylation is 1. The van der Waals surface area contributed by atoms with Gasteiger partial charge in [0.2, 0.25) is 5.91 Å². The van der Waals surface area contributed by atoms with Crippen molar-refractivity contribution in [2.75, 3.05) is 11.1 Å². The zero-order chi connectivity index (χ0) is 21.1. The van der Waals surface area contributed by atoms with E-state index in [-0.39, 0.29) is 17.2 Å². The molecule has 0 radical (unpaired) electrons. The highest BCUT2D eigenvalue weighted by atomic mass is 35.5. The van der Waals surface area contributed by atoms with Gasteiger partial charge in [-0.3, -0.25) is 14.2 Å². The van der Waals surface area contributed by atoms with Crippen LogP contribution in [-0.4, -0.2) is 21.2 Å². The van der Waals surface area contributed by atoms with E-state index in [0.717, 1.165) is 12.1 Å². The molecule has 2 aromatic carbocycles.